The average Bonchev–Trinajstić information content (AvgIpc) is 2.52. The van der Waals surface area contributed by atoms with Crippen LogP contribution in [0.3, 0.4) is 0 Å². The van der Waals surface area contributed by atoms with Crippen molar-refractivity contribution in [2.24, 2.45) is 0 Å². The molecule has 1 aromatic rings. The Hall–Kier alpha value is -1.55. The monoisotopic (exact) mass is 247 g/mol. The van der Waals surface area contributed by atoms with Gasteiger partial charge in [0.2, 0.25) is 0 Å². The van der Waals surface area contributed by atoms with Crippen molar-refractivity contribution in [3.8, 4) is 0 Å². The van der Waals surface area contributed by atoms with E-state index in [1.165, 1.54) is 0 Å². The van der Waals surface area contributed by atoms with E-state index in [9.17, 15) is 4.79 Å². The smallest absolute Gasteiger partial charge is 0.253 e. The average molecular weight is 247 g/mol. The summed E-state index contributed by atoms with van der Waals surface area (Å²) in [5.74, 6) is 0.0979. The molecule has 4 heteroatoms. The summed E-state index contributed by atoms with van der Waals surface area (Å²) in [5.41, 5.74) is 8.20. The second kappa shape index (κ2) is 5.40. The quantitative estimate of drug-likeness (QED) is 0.762. The molecule has 0 saturated carbocycles. The number of amides is 1. The molecule has 18 heavy (non-hydrogen) atoms. The summed E-state index contributed by atoms with van der Waals surface area (Å²) in [6.07, 6.45) is 1.03. The van der Waals surface area contributed by atoms with Gasteiger partial charge in [0, 0.05) is 30.9 Å². The van der Waals surface area contributed by atoms with Gasteiger partial charge in [0.1, 0.15) is 0 Å². The van der Waals surface area contributed by atoms with Crippen LogP contribution in [0.4, 0.5) is 5.69 Å². The lowest BCUT2D eigenvalue weighted by molar-refractivity contribution is 0.0763. The maximum atomic E-state index is 12.4. The summed E-state index contributed by atoms with van der Waals surface area (Å²) in [4.78, 5) is 16.6. The number of aryl methyl sites for hydroxylation is 1. The Morgan fingerprint density at radius 3 is 2.67 bits per heavy atom. The van der Waals surface area contributed by atoms with Crippen LogP contribution in [0.15, 0.2) is 18.2 Å². The Balaban J connectivity index is 2.14. The fourth-order valence-electron chi connectivity index (χ4n) is 2.37. The van der Waals surface area contributed by atoms with Crippen molar-refractivity contribution in [2.45, 2.75) is 13.3 Å². The van der Waals surface area contributed by atoms with Crippen LogP contribution in [0.25, 0.3) is 0 Å². The Morgan fingerprint density at radius 1 is 1.17 bits per heavy atom. The van der Waals surface area contributed by atoms with Crippen LogP contribution in [0.1, 0.15) is 22.3 Å². The first-order valence-electron chi connectivity index (χ1n) is 6.41. The standard InChI is InChI=1S/C14H21N3O/c1-11-8-12(10-13(15)9-11)14(18)17-5-3-4-16(2)6-7-17/h8-10H,3-7,15H2,1-2H3. The van der Waals surface area contributed by atoms with Crippen LogP contribution in [0.5, 0.6) is 0 Å². The predicted molar refractivity (Wildman–Crippen MR) is 73.6 cm³/mol. The molecule has 2 rings (SSSR count). The van der Waals surface area contributed by atoms with Gasteiger partial charge in [-0.1, -0.05) is 0 Å². The number of benzene rings is 1. The highest BCUT2D eigenvalue weighted by Crippen LogP contribution is 2.14. The zero-order valence-electron chi connectivity index (χ0n) is 11.1. The molecule has 1 aliphatic rings. The molecule has 2 N–H and O–H groups in total. The first kappa shape index (κ1) is 12.9. The number of carbonyl (C=O) groups is 1. The minimum absolute atomic E-state index is 0.0979. The Kier molecular flexibility index (Phi) is 3.87. The van der Waals surface area contributed by atoms with E-state index in [4.69, 9.17) is 5.73 Å². The summed E-state index contributed by atoms with van der Waals surface area (Å²) in [7, 11) is 2.10. The number of rotatable bonds is 1. The predicted octanol–water partition coefficient (Wildman–Crippen LogP) is 1.35. The van der Waals surface area contributed by atoms with E-state index in [2.05, 4.69) is 11.9 Å². The molecule has 1 heterocycles. The van der Waals surface area contributed by atoms with E-state index < -0.39 is 0 Å². The Morgan fingerprint density at radius 2 is 1.94 bits per heavy atom. The van der Waals surface area contributed by atoms with Crippen molar-refractivity contribution in [1.29, 1.82) is 0 Å². The van der Waals surface area contributed by atoms with Gasteiger partial charge in [-0.05, 0) is 50.7 Å². The largest absolute Gasteiger partial charge is 0.399 e. The molecule has 0 unspecified atom stereocenters. The highest BCUT2D eigenvalue weighted by Gasteiger charge is 2.19. The third kappa shape index (κ3) is 3.01. The van der Waals surface area contributed by atoms with E-state index in [0.717, 1.165) is 38.2 Å². The van der Waals surface area contributed by atoms with Crippen molar-refractivity contribution < 1.29 is 4.79 Å². The highest BCUT2D eigenvalue weighted by molar-refractivity contribution is 5.95. The summed E-state index contributed by atoms with van der Waals surface area (Å²) < 4.78 is 0. The van der Waals surface area contributed by atoms with E-state index in [0.29, 0.717) is 11.3 Å². The number of nitrogens with two attached hydrogens (primary N) is 1. The van der Waals surface area contributed by atoms with Gasteiger partial charge in [0.25, 0.3) is 5.91 Å². The van der Waals surface area contributed by atoms with Crippen LogP contribution in [-0.2, 0) is 0 Å². The van der Waals surface area contributed by atoms with Gasteiger partial charge in [-0.15, -0.1) is 0 Å². The summed E-state index contributed by atoms with van der Waals surface area (Å²) in [6, 6.07) is 5.56. The fourth-order valence-corrected chi connectivity index (χ4v) is 2.37. The summed E-state index contributed by atoms with van der Waals surface area (Å²) in [6.45, 7) is 5.58. The lowest BCUT2D eigenvalue weighted by atomic mass is 10.1. The number of hydrogen-bond donors (Lipinski definition) is 1. The SMILES string of the molecule is Cc1cc(N)cc(C(=O)N2CCCN(C)CC2)c1. The first-order chi connectivity index (χ1) is 8.56. The van der Waals surface area contributed by atoms with Crippen LogP contribution < -0.4 is 5.73 Å². The number of nitrogens with zero attached hydrogens (tertiary/aromatic N) is 2. The molecule has 0 atom stereocenters. The molecule has 0 spiro atoms. The molecule has 0 bridgehead atoms. The zero-order valence-corrected chi connectivity index (χ0v) is 11.1. The van der Waals surface area contributed by atoms with Gasteiger partial charge in [0.05, 0.1) is 0 Å². The molecule has 1 aliphatic heterocycles. The zero-order chi connectivity index (χ0) is 13.1. The molecular weight excluding hydrogens is 226 g/mol. The molecule has 98 valence electrons. The van der Waals surface area contributed by atoms with Gasteiger partial charge in [-0.2, -0.15) is 0 Å². The lowest BCUT2D eigenvalue weighted by Crippen LogP contribution is -2.34. The third-order valence-electron chi connectivity index (χ3n) is 3.35. The van der Waals surface area contributed by atoms with Crippen LogP contribution in [0.2, 0.25) is 0 Å². The minimum atomic E-state index is 0.0979. The number of carbonyl (C=O) groups excluding carboxylic acids is 1. The van der Waals surface area contributed by atoms with Crippen LogP contribution >= 0.6 is 0 Å². The second-order valence-corrected chi connectivity index (χ2v) is 5.08. The maximum absolute atomic E-state index is 12.4. The van der Waals surface area contributed by atoms with E-state index in [1.54, 1.807) is 6.07 Å². The van der Waals surface area contributed by atoms with Crippen molar-refractivity contribution in [3.63, 3.8) is 0 Å². The molecule has 0 aliphatic carbocycles. The van der Waals surface area contributed by atoms with Crippen molar-refractivity contribution in [1.82, 2.24) is 9.80 Å². The van der Waals surface area contributed by atoms with Crippen LogP contribution in [-0.4, -0.2) is 48.9 Å². The number of hydrogen-bond acceptors (Lipinski definition) is 3. The van der Waals surface area contributed by atoms with Gasteiger partial charge in [0.15, 0.2) is 0 Å². The first-order valence-corrected chi connectivity index (χ1v) is 6.41. The van der Waals surface area contributed by atoms with E-state index in [1.807, 2.05) is 24.0 Å². The minimum Gasteiger partial charge on any atom is -0.399 e. The van der Waals surface area contributed by atoms with Crippen molar-refractivity contribution in [2.75, 3.05) is 39.0 Å². The Bertz CT molecular complexity index is 424. The molecular formula is C14H21N3O. The van der Waals surface area contributed by atoms with Crippen molar-refractivity contribution in [3.05, 3.63) is 29.3 Å². The highest BCUT2D eigenvalue weighted by atomic mass is 16.2. The summed E-state index contributed by atoms with van der Waals surface area (Å²) in [5, 5.41) is 0. The summed E-state index contributed by atoms with van der Waals surface area (Å²) >= 11 is 0. The van der Waals surface area contributed by atoms with E-state index in [-0.39, 0.29) is 5.91 Å². The number of likely N-dealkylation sites (N-methyl/N-ethyl adjacent to an activating group) is 1. The molecule has 0 aromatic heterocycles. The number of anilines is 1. The third-order valence-corrected chi connectivity index (χ3v) is 3.35. The topological polar surface area (TPSA) is 49.6 Å². The van der Waals surface area contributed by atoms with Gasteiger partial charge >= 0.3 is 0 Å². The van der Waals surface area contributed by atoms with Gasteiger partial charge in [-0.3, -0.25) is 4.79 Å². The normalized spacial score (nSPS) is 17.6. The number of nitrogen functional groups attached to an aromatic ring is 1. The molecule has 0 radical (unpaired) electrons. The van der Waals surface area contributed by atoms with Crippen LogP contribution in [0, 0.1) is 6.92 Å². The van der Waals surface area contributed by atoms with E-state index >= 15 is 0 Å². The molecule has 1 amide bonds. The fraction of sp³-hybridized carbons (Fsp3) is 0.500. The Labute approximate surface area is 108 Å². The lowest BCUT2D eigenvalue weighted by Gasteiger charge is -2.21. The maximum Gasteiger partial charge on any atom is 0.253 e. The molecule has 1 saturated heterocycles. The molecule has 1 aromatic carbocycles. The second-order valence-electron chi connectivity index (χ2n) is 5.08. The van der Waals surface area contributed by atoms with Crippen molar-refractivity contribution >= 4 is 11.6 Å². The van der Waals surface area contributed by atoms with Gasteiger partial charge in [-0.25, -0.2) is 0 Å². The molecule has 4 nitrogen and oxygen atoms in total. The van der Waals surface area contributed by atoms with Gasteiger partial charge < -0.3 is 15.5 Å². The molecule has 1 fully saturated rings.